The maximum absolute atomic E-state index is 6.11. The molecule has 2 aromatic heterocycles. The minimum Gasteiger partial charge on any atom is -0.481 e. The van der Waals surface area contributed by atoms with Crippen LogP contribution >= 0.6 is 11.6 Å². The Balaban J connectivity index is 1.99. The Bertz CT molecular complexity index is 833. The first kappa shape index (κ1) is 15.5. The minimum atomic E-state index is 0.599. The quantitative estimate of drug-likeness (QED) is 0.697. The highest BCUT2D eigenvalue weighted by Crippen LogP contribution is 2.31. The molecule has 3 rings (SSSR count). The van der Waals surface area contributed by atoms with Crippen molar-refractivity contribution in [2.45, 2.75) is 13.3 Å². The molecule has 23 heavy (non-hydrogen) atoms. The summed E-state index contributed by atoms with van der Waals surface area (Å²) in [7, 11) is 1.63. The fourth-order valence-electron chi connectivity index (χ4n) is 2.57. The van der Waals surface area contributed by atoms with Crippen molar-refractivity contribution in [3.63, 3.8) is 0 Å². The molecule has 0 saturated carbocycles. The molecule has 0 aliphatic carbocycles. The van der Waals surface area contributed by atoms with E-state index in [1.165, 1.54) is 5.56 Å². The Hall–Kier alpha value is -2.39. The van der Waals surface area contributed by atoms with Gasteiger partial charge in [0, 0.05) is 28.7 Å². The smallest absolute Gasteiger partial charge is 0.221 e. The number of aromatic nitrogens is 2. The zero-order valence-electron chi connectivity index (χ0n) is 13.1. The molecule has 2 heterocycles. The van der Waals surface area contributed by atoms with Crippen LogP contribution in [0.1, 0.15) is 16.8 Å². The lowest BCUT2D eigenvalue weighted by Gasteiger charge is -2.11. The van der Waals surface area contributed by atoms with Gasteiger partial charge >= 0.3 is 0 Å². The summed E-state index contributed by atoms with van der Waals surface area (Å²) in [4.78, 5) is 8.67. The number of pyridine rings is 2. The van der Waals surface area contributed by atoms with Gasteiger partial charge in [0.25, 0.3) is 0 Å². The number of methoxy groups -OCH3 is 1. The van der Waals surface area contributed by atoms with E-state index in [0.717, 1.165) is 28.8 Å². The third kappa shape index (κ3) is 3.69. The molecule has 116 valence electrons. The van der Waals surface area contributed by atoms with Crippen LogP contribution in [-0.4, -0.2) is 17.1 Å². The lowest BCUT2D eigenvalue weighted by atomic mass is 10.0. The Morgan fingerprint density at radius 2 is 1.91 bits per heavy atom. The van der Waals surface area contributed by atoms with E-state index in [2.05, 4.69) is 22.1 Å². The van der Waals surface area contributed by atoms with E-state index >= 15 is 0 Å². The lowest BCUT2D eigenvalue weighted by Crippen LogP contribution is -1.96. The summed E-state index contributed by atoms with van der Waals surface area (Å²) in [5.74, 6) is 0.599. The molecule has 0 aliphatic heterocycles. The number of halogens is 1. The second-order valence-corrected chi connectivity index (χ2v) is 5.83. The van der Waals surface area contributed by atoms with E-state index in [1.807, 2.05) is 49.6 Å². The molecule has 0 N–H and O–H groups in total. The van der Waals surface area contributed by atoms with Gasteiger partial charge in [-0.15, -0.1) is 0 Å². The molecule has 3 nitrogen and oxygen atoms in total. The highest BCUT2D eigenvalue weighted by molar-refractivity contribution is 6.30. The molecule has 1 aromatic carbocycles. The van der Waals surface area contributed by atoms with Gasteiger partial charge in [-0.1, -0.05) is 23.7 Å². The third-order valence-electron chi connectivity index (χ3n) is 3.61. The van der Waals surface area contributed by atoms with Gasteiger partial charge in [-0.05, 0) is 60.4 Å². The molecule has 3 aromatic rings. The first-order valence-corrected chi connectivity index (χ1v) is 7.74. The fraction of sp³-hybridized carbons (Fsp3) is 0.158. The molecule has 0 aliphatic rings. The third-order valence-corrected chi connectivity index (χ3v) is 3.84. The average Bonchev–Trinajstić information content (AvgIpc) is 2.55. The van der Waals surface area contributed by atoms with Crippen molar-refractivity contribution in [1.82, 2.24) is 9.97 Å². The molecule has 0 bridgehead atoms. The topological polar surface area (TPSA) is 35.0 Å². The number of benzene rings is 1. The van der Waals surface area contributed by atoms with Gasteiger partial charge in [0.15, 0.2) is 0 Å². The van der Waals surface area contributed by atoms with Crippen LogP contribution in [0.5, 0.6) is 5.88 Å². The largest absolute Gasteiger partial charge is 0.481 e. The molecular formula is C19H17ClN2O. The second kappa shape index (κ2) is 6.80. The van der Waals surface area contributed by atoms with Gasteiger partial charge in [0.1, 0.15) is 0 Å². The van der Waals surface area contributed by atoms with E-state index in [0.29, 0.717) is 10.9 Å². The Morgan fingerprint density at radius 1 is 1.04 bits per heavy atom. The van der Waals surface area contributed by atoms with E-state index in [4.69, 9.17) is 16.3 Å². The van der Waals surface area contributed by atoms with Gasteiger partial charge in [-0.2, -0.15) is 0 Å². The number of nitrogens with zero attached hydrogens (tertiary/aromatic N) is 2. The summed E-state index contributed by atoms with van der Waals surface area (Å²) >= 11 is 6.11. The number of rotatable bonds is 4. The van der Waals surface area contributed by atoms with Crippen LogP contribution in [0.4, 0.5) is 0 Å². The number of ether oxygens (including phenoxy) is 1. The van der Waals surface area contributed by atoms with Crippen molar-refractivity contribution in [2.24, 2.45) is 0 Å². The Morgan fingerprint density at radius 3 is 2.65 bits per heavy atom. The summed E-state index contributed by atoms with van der Waals surface area (Å²) < 4.78 is 5.40. The standard InChI is InChI=1S/C19H17ClN2O/c1-13-8-14(6-7-21-13)9-15-10-18(19(23-2)22-12-15)16-4-3-5-17(20)11-16/h3-8,10-12H,9H2,1-2H3. The summed E-state index contributed by atoms with van der Waals surface area (Å²) in [5.41, 5.74) is 5.28. The van der Waals surface area contributed by atoms with Crippen LogP contribution in [0.2, 0.25) is 5.02 Å². The van der Waals surface area contributed by atoms with E-state index in [9.17, 15) is 0 Å². The summed E-state index contributed by atoms with van der Waals surface area (Å²) in [6.45, 7) is 1.99. The molecule has 0 unspecified atom stereocenters. The summed E-state index contributed by atoms with van der Waals surface area (Å²) in [5, 5.41) is 0.694. The average molecular weight is 325 g/mol. The van der Waals surface area contributed by atoms with Crippen LogP contribution in [0.3, 0.4) is 0 Å². The predicted octanol–water partition coefficient (Wildman–Crippen LogP) is 4.70. The van der Waals surface area contributed by atoms with Gasteiger partial charge in [-0.25, -0.2) is 4.98 Å². The minimum absolute atomic E-state index is 0.599. The second-order valence-electron chi connectivity index (χ2n) is 5.39. The first-order chi connectivity index (χ1) is 11.2. The van der Waals surface area contributed by atoms with E-state index < -0.39 is 0 Å². The number of aryl methyl sites for hydroxylation is 1. The van der Waals surface area contributed by atoms with Gasteiger partial charge in [-0.3, -0.25) is 4.98 Å². The van der Waals surface area contributed by atoms with Crippen molar-refractivity contribution in [1.29, 1.82) is 0 Å². The number of hydrogen-bond donors (Lipinski definition) is 0. The van der Waals surface area contributed by atoms with Crippen LogP contribution in [-0.2, 0) is 6.42 Å². The first-order valence-electron chi connectivity index (χ1n) is 7.36. The number of hydrogen-bond acceptors (Lipinski definition) is 3. The van der Waals surface area contributed by atoms with Gasteiger partial charge in [0.05, 0.1) is 7.11 Å². The van der Waals surface area contributed by atoms with Crippen molar-refractivity contribution in [2.75, 3.05) is 7.11 Å². The molecule has 0 amide bonds. The van der Waals surface area contributed by atoms with Crippen LogP contribution in [0, 0.1) is 6.92 Å². The monoisotopic (exact) mass is 324 g/mol. The SMILES string of the molecule is COc1ncc(Cc2ccnc(C)c2)cc1-c1cccc(Cl)c1. The van der Waals surface area contributed by atoms with Gasteiger partial charge < -0.3 is 4.74 Å². The van der Waals surface area contributed by atoms with Crippen LogP contribution in [0.15, 0.2) is 54.9 Å². The highest BCUT2D eigenvalue weighted by atomic mass is 35.5. The van der Waals surface area contributed by atoms with Gasteiger partial charge in [0.2, 0.25) is 5.88 Å². The zero-order valence-corrected chi connectivity index (χ0v) is 13.8. The molecule has 4 heteroatoms. The van der Waals surface area contributed by atoms with Crippen molar-refractivity contribution < 1.29 is 4.74 Å². The molecular weight excluding hydrogens is 308 g/mol. The zero-order chi connectivity index (χ0) is 16.2. The molecule has 0 radical (unpaired) electrons. The van der Waals surface area contributed by atoms with E-state index in [1.54, 1.807) is 7.11 Å². The lowest BCUT2D eigenvalue weighted by molar-refractivity contribution is 0.399. The highest BCUT2D eigenvalue weighted by Gasteiger charge is 2.10. The fourth-order valence-corrected chi connectivity index (χ4v) is 2.76. The summed E-state index contributed by atoms with van der Waals surface area (Å²) in [6, 6.07) is 13.9. The van der Waals surface area contributed by atoms with Crippen LogP contribution in [0.25, 0.3) is 11.1 Å². The van der Waals surface area contributed by atoms with Crippen molar-refractivity contribution >= 4 is 11.6 Å². The molecule has 0 spiro atoms. The molecule has 0 fully saturated rings. The van der Waals surface area contributed by atoms with Crippen LogP contribution < -0.4 is 4.74 Å². The van der Waals surface area contributed by atoms with Crippen molar-refractivity contribution in [3.8, 4) is 17.0 Å². The molecule has 0 atom stereocenters. The Kier molecular flexibility index (Phi) is 4.58. The Labute approximate surface area is 140 Å². The normalized spacial score (nSPS) is 10.6. The molecule has 0 saturated heterocycles. The van der Waals surface area contributed by atoms with E-state index in [-0.39, 0.29) is 0 Å². The summed E-state index contributed by atoms with van der Waals surface area (Å²) in [6.07, 6.45) is 4.48. The predicted molar refractivity (Wildman–Crippen MR) is 93.0 cm³/mol. The maximum Gasteiger partial charge on any atom is 0.221 e. The maximum atomic E-state index is 6.11. The van der Waals surface area contributed by atoms with Crippen molar-refractivity contribution in [3.05, 3.63) is 76.7 Å².